The number of hydrogen-bond donors (Lipinski definition) is 0. The molecule has 140 valence electrons. The van der Waals surface area contributed by atoms with Crippen molar-refractivity contribution < 1.29 is 8.91 Å². The Balaban J connectivity index is 1.27. The van der Waals surface area contributed by atoms with Gasteiger partial charge in [0.05, 0.1) is 6.54 Å². The largest absolute Gasteiger partial charge is 0.338 e. The summed E-state index contributed by atoms with van der Waals surface area (Å²) in [4.78, 5) is 13.3. The zero-order chi connectivity index (χ0) is 18.5. The van der Waals surface area contributed by atoms with E-state index < -0.39 is 0 Å². The Labute approximate surface area is 157 Å². The average Bonchev–Trinajstić information content (AvgIpc) is 3.13. The maximum atomic E-state index is 13.7. The van der Waals surface area contributed by atoms with E-state index in [0.29, 0.717) is 30.2 Å². The molecule has 0 N–H and O–H groups in total. The van der Waals surface area contributed by atoms with Crippen LogP contribution >= 0.6 is 0 Å². The number of rotatable bonds is 6. The Morgan fingerprint density at radius 1 is 0.963 bits per heavy atom. The second-order valence-electron chi connectivity index (χ2n) is 6.79. The van der Waals surface area contributed by atoms with E-state index in [1.807, 2.05) is 18.3 Å². The molecule has 0 spiro atoms. The Morgan fingerprint density at radius 2 is 1.74 bits per heavy atom. The van der Waals surface area contributed by atoms with Crippen molar-refractivity contribution in [1.82, 2.24) is 24.9 Å². The molecule has 0 aliphatic carbocycles. The van der Waals surface area contributed by atoms with Crippen molar-refractivity contribution in [2.75, 3.05) is 26.2 Å². The highest BCUT2D eigenvalue weighted by atomic mass is 19.1. The molecule has 2 aromatic heterocycles. The zero-order valence-electron chi connectivity index (χ0n) is 15.1. The van der Waals surface area contributed by atoms with Crippen molar-refractivity contribution in [3.8, 4) is 0 Å². The molecule has 3 heterocycles. The van der Waals surface area contributed by atoms with Crippen LogP contribution in [0.4, 0.5) is 4.39 Å². The van der Waals surface area contributed by atoms with Crippen LogP contribution in [0, 0.1) is 5.82 Å². The molecule has 4 rings (SSSR count). The first-order valence-corrected chi connectivity index (χ1v) is 9.15. The van der Waals surface area contributed by atoms with Crippen LogP contribution in [-0.2, 0) is 19.5 Å². The molecule has 6 nitrogen and oxygen atoms in total. The number of benzene rings is 1. The third kappa shape index (κ3) is 4.75. The van der Waals surface area contributed by atoms with E-state index in [1.54, 1.807) is 18.3 Å². The Hall–Kier alpha value is -2.64. The minimum Gasteiger partial charge on any atom is -0.338 e. The van der Waals surface area contributed by atoms with E-state index in [9.17, 15) is 4.39 Å². The summed E-state index contributed by atoms with van der Waals surface area (Å²) in [6, 6.07) is 10.8. The van der Waals surface area contributed by atoms with Crippen LogP contribution in [-0.4, -0.2) is 51.1 Å². The average molecular weight is 367 g/mol. The maximum Gasteiger partial charge on any atom is 0.240 e. The molecule has 0 radical (unpaired) electrons. The Morgan fingerprint density at radius 3 is 2.48 bits per heavy atom. The minimum absolute atomic E-state index is 0.242. The van der Waals surface area contributed by atoms with Crippen molar-refractivity contribution in [3.05, 3.63) is 77.5 Å². The quantitative estimate of drug-likeness (QED) is 0.667. The minimum atomic E-state index is -0.242. The van der Waals surface area contributed by atoms with Crippen LogP contribution in [0.3, 0.4) is 0 Å². The van der Waals surface area contributed by atoms with Gasteiger partial charge in [-0.15, -0.1) is 0 Å². The van der Waals surface area contributed by atoms with Crippen molar-refractivity contribution in [2.45, 2.75) is 19.5 Å². The van der Waals surface area contributed by atoms with Crippen LogP contribution in [0.2, 0.25) is 0 Å². The molecule has 0 atom stereocenters. The SMILES string of the molecule is Fc1ccccc1Cc1noc(CN2CCN(Cc3cccnc3)CC2)n1. The summed E-state index contributed by atoms with van der Waals surface area (Å²) in [5.74, 6) is 0.862. The Kier molecular flexibility index (Phi) is 5.50. The van der Waals surface area contributed by atoms with Gasteiger partial charge in [-0.25, -0.2) is 4.39 Å². The smallest absolute Gasteiger partial charge is 0.240 e. The molecule has 1 aliphatic rings. The van der Waals surface area contributed by atoms with Gasteiger partial charge < -0.3 is 4.52 Å². The lowest BCUT2D eigenvalue weighted by Crippen LogP contribution is -2.45. The molecule has 3 aromatic rings. The van der Waals surface area contributed by atoms with Gasteiger partial charge in [0.1, 0.15) is 5.82 Å². The highest BCUT2D eigenvalue weighted by Gasteiger charge is 2.19. The van der Waals surface area contributed by atoms with Crippen molar-refractivity contribution in [2.24, 2.45) is 0 Å². The first-order chi connectivity index (χ1) is 13.3. The number of halogens is 1. The highest BCUT2D eigenvalue weighted by molar-refractivity contribution is 5.20. The zero-order valence-corrected chi connectivity index (χ0v) is 15.1. The standard InChI is InChI=1S/C20H22FN5O/c21-18-6-2-1-5-17(18)12-19-23-20(27-24-19)15-26-10-8-25(9-11-26)14-16-4-3-7-22-13-16/h1-7,13H,8-12,14-15H2. The lowest BCUT2D eigenvalue weighted by Gasteiger charge is -2.33. The summed E-state index contributed by atoms with van der Waals surface area (Å²) in [6.45, 7) is 5.44. The van der Waals surface area contributed by atoms with Gasteiger partial charge in [0.15, 0.2) is 5.82 Å². The molecule has 1 aromatic carbocycles. The first kappa shape index (κ1) is 17.8. The van der Waals surface area contributed by atoms with Crippen molar-refractivity contribution in [1.29, 1.82) is 0 Å². The van der Waals surface area contributed by atoms with Crippen LogP contribution in [0.5, 0.6) is 0 Å². The normalized spacial score (nSPS) is 15.9. The number of aromatic nitrogens is 3. The lowest BCUT2D eigenvalue weighted by atomic mass is 10.1. The predicted octanol–water partition coefficient (Wildman–Crippen LogP) is 2.51. The van der Waals surface area contributed by atoms with Crippen LogP contribution in [0.15, 0.2) is 53.3 Å². The predicted molar refractivity (Wildman–Crippen MR) is 98.3 cm³/mol. The number of piperazine rings is 1. The van der Waals surface area contributed by atoms with E-state index in [-0.39, 0.29) is 5.82 Å². The van der Waals surface area contributed by atoms with E-state index in [2.05, 4.69) is 31.0 Å². The Bertz CT molecular complexity index is 862. The maximum absolute atomic E-state index is 13.7. The molecular weight excluding hydrogens is 345 g/mol. The molecular formula is C20H22FN5O. The topological polar surface area (TPSA) is 58.3 Å². The molecule has 0 unspecified atom stereocenters. The van der Waals surface area contributed by atoms with Crippen molar-refractivity contribution >= 4 is 0 Å². The summed E-state index contributed by atoms with van der Waals surface area (Å²) < 4.78 is 19.1. The number of hydrogen-bond acceptors (Lipinski definition) is 6. The van der Waals surface area contributed by atoms with Crippen LogP contribution in [0.25, 0.3) is 0 Å². The van der Waals surface area contributed by atoms with E-state index in [1.165, 1.54) is 11.6 Å². The van der Waals surface area contributed by atoms with Gasteiger partial charge in [0.25, 0.3) is 0 Å². The first-order valence-electron chi connectivity index (χ1n) is 9.15. The molecule has 0 amide bonds. The van der Waals surface area contributed by atoms with Gasteiger partial charge in [-0.1, -0.05) is 29.4 Å². The third-order valence-corrected chi connectivity index (χ3v) is 4.77. The lowest BCUT2D eigenvalue weighted by molar-refractivity contribution is 0.112. The van der Waals surface area contributed by atoms with Gasteiger partial charge in [0, 0.05) is 51.5 Å². The molecule has 1 aliphatic heterocycles. The third-order valence-electron chi connectivity index (χ3n) is 4.77. The van der Waals surface area contributed by atoms with E-state index in [0.717, 1.165) is 32.7 Å². The van der Waals surface area contributed by atoms with Gasteiger partial charge in [-0.2, -0.15) is 4.98 Å². The second-order valence-corrected chi connectivity index (χ2v) is 6.79. The second kappa shape index (κ2) is 8.37. The highest BCUT2D eigenvalue weighted by Crippen LogP contribution is 2.13. The fourth-order valence-electron chi connectivity index (χ4n) is 3.28. The number of nitrogens with zero attached hydrogens (tertiary/aromatic N) is 5. The summed E-state index contributed by atoms with van der Waals surface area (Å²) >= 11 is 0. The molecule has 27 heavy (non-hydrogen) atoms. The van der Waals surface area contributed by atoms with E-state index in [4.69, 9.17) is 4.52 Å². The molecule has 7 heteroatoms. The van der Waals surface area contributed by atoms with Gasteiger partial charge >= 0.3 is 0 Å². The van der Waals surface area contributed by atoms with Crippen molar-refractivity contribution in [3.63, 3.8) is 0 Å². The summed E-state index contributed by atoms with van der Waals surface area (Å²) in [6.07, 6.45) is 4.06. The fraction of sp³-hybridized carbons (Fsp3) is 0.350. The summed E-state index contributed by atoms with van der Waals surface area (Å²) in [5, 5.41) is 3.99. The molecule has 1 fully saturated rings. The monoisotopic (exact) mass is 367 g/mol. The van der Waals surface area contributed by atoms with E-state index >= 15 is 0 Å². The summed E-state index contributed by atoms with van der Waals surface area (Å²) in [5.41, 5.74) is 1.81. The molecule has 0 bridgehead atoms. The number of pyridine rings is 1. The van der Waals surface area contributed by atoms with Gasteiger partial charge in [-0.3, -0.25) is 14.8 Å². The fourth-order valence-corrected chi connectivity index (χ4v) is 3.28. The van der Waals surface area contributed by atoms with Gasteiger partial charge in [0.2, 0.25) is 5.89 Å². The molecule has 0 saturated carbocycles. The van der Waals surface area contributed by atoms with Crippen LogP contribution in [0.1, 0.15) is 22.8 Å². The molecule has 1 saturated heterocycles. The van der Waals surface area contributed by atoms with Gasteiger partial charge in [-0.05, 0) is 23.3 Å². The van der Waals surface area contributed by atoms with Crippen LogP contribution < -0.4 is 0 Å². The summed E-state index contributed by atoms with van der Waals surface area (Å²) in [7, 11) is 0.